The van der Waals surface area contributed by atoms with Crippen molar-refractivity contribution in [2.75, 3.05) is 37.0 Å². The van der Waals surface area contributed by atoms with Crippen molar-refractivity contribution < 1.29 is 9.13 Å². The number of hydrogen-bond donors (Lipinski definition) is 0. The fourth-order valence-electron chi connectivity index (χ4n) is 5.34. The lowest BCUT2D eigenvalue weighted by molar-refractivity contribution is -0.700. The quantitative estimate of drug-likeness (QED) is 0.117. The summed E-state index contributed by atoms with van der Waals surface area (Å²) in [6.07, 6.45) is 14.5. The molecule has 0 saturated carbocycles. The summed E-state index contributed by atoms with van der Waals surface area (Å²) >= 11 is 0. The lowest BCUT2D eigenvalue weighted by Gasteiger charge is -2.22. The van der Waals surface area contributed by atoms with Crippen molar-refractivity contribution in [1.29, 1.82) is 0 Å². The Morgan fingerprint density at radius 2 is 1.17 bits per heavy atom. The zero-order valence-electron chi connectivity index (χ0n) is 25.5. The maximum Gasteiger partial charge on any atom is 0.205 e. The van der Waals surface area contributed by atoms with Gasteiger partial charge in [0.2, 0.25) is 5.69 Å². The molecule has 0 bridgehead atoms. The van der Waals surface area contributed by atoms with E-state index >= 15 is 0 Å². The predicted octanol–water partition coefficient (Wildman–Crippen LogP) is 7.00. The van der Waals surface area contributed by atoms with Crippen molar-refractivity contribution in [3.63, 3.8) is 0 Å². The molecule has 4 rings (SSSR count). The van der Waals surface area contributed by atoms with E-state index in [2.05, 4.69) is 156 Å². The lowest BCUT2D eigenvalue weighted by atomic mass is 10.1. The molecular weight excluding hydrogens is 500 g/mol. The van der Waals surface area contributed by atoms with Crippen LogP contribution in [0.25, 0.3) is 12.2 Å². The van der Waals surface area contributed by atoms with Crippen molar-refractivity contribution in [3.05, 3.63) is 120 Å². The zero-order valence-corrected chi connectivity index (χ0v) is 25.5. The summed E-state index contributed by atoms with van der Waals surface area (Å²) in [6, 6.07) is 30.9. The van der Waals surface area contributed by atoms with E-state index in [0.717, 1.165) is 39.0 Å². The number of aromatic nitrogens is 2. The molecule has 2 aromatic carbocycles. The molecule has 0 amide bonds. The molecule has 0 unspecified atom stereocenters. The Labute approximate surface area is 248 Å². The minimum absolute atomic E-state index is 0.973. The first-order chi connectivity index (χ1) is 20.1. The normalized spacial score (nSPS) is 11.2. The summed E-state index contributed by atoms with van der Waals surface area (Å²) in [5.41, 5.74) is 7.87. The maximum atomic E-state index is 2.38. The van der Waals surface area contributed by atoms with Gasteiger partial charge in [-0.2, -0.15) is 4.57 Å². The van der Waals surface area contributed by atoms with Gasteiger partial charge in [0, 0.05) is 75.3 Å². The van der Waals surface area contributed by atoms with Crippen molar-refractivity contribution in [2.24, 2.45) is 0 Å². The molecule has 0 spiro atoms. The molecule has 0 saturated heterocycles. The van der Waals surface area contributed by atoms with Gasteiger partial charge in [0.25, 0.3) is 0 Å². The standard InChI is InChI=1S/C37H48N4/c1-5-40-30-9-7-15-36(40)17-13-14-32-18-23-34(24-19-32)38(3)28-11-12-29-39(4)35-25-20-33(21-26-35)22-27-37-16-8-10-31-41(37)6-2/h7-10,15-16,18-27,30-31H,5-6,11-14,17,28-29H2,1-4H3/q+2. The van der Waals surface area contributed by atoms with Crippen molar-refractivity contribution in [1.82, 2.24) is 0 Å². The Balaban J connectivity index is 1.16. The molecule has 0 aliphatic carbocycles. The van der Waals surface area contributed by atoms with Crippen molar-refractivity contribution in [3.8, 4) is 0 Å². The van der Waals surface area contributed by atoms with E-state index in [-0.39, 0.29) is 0 Å². The first-order valence-electron chi connectivity index (χ1n) is 15.3. The van der Waals surface area contributed by atoms with E-state index < -0.39 is 0 Å². The van der Waals surface area contributed by atoms with Crippen molar-refractivity contribution in [2.45, 2.75) is 59.0 Å². The SMILES string of the molecule is CC[n+]1ccccc1/C=C/c1ccc(N(C)CCCCN(C)c2ccc(CCCc3cccc[n+]3CC)cc2)cc1. The number of hydrogen-bond acceptors (Lipinski definition) is 2. The van der Waals surface area contributed by atoms with Crippen LogP contribution >= 0.6 is 0 Å². The summed E-state index contributed by atoms with van der Waals surface area (Å²) in [6.45, 7) is 8.52. The van der Waals surface area contributed by atoms with E-state index in [4.69, 9.17) is 0 Å². The average Bonchev–Trinajstić information content (AvgIpc) is 3.02. The lowest BCUT2D eigenvalue weighted by Crippen LogP contribution is -2.36. The second kappa shape index (κ2) is 15.8. The molecule has 0 aliphatic heterocycles. The molecule has 0 N–H and O–H groups in total. The predicted molar refractivity (Wildman–Crippen MR) is 174 cm³/mol. The Morgan fingerprint density at radius 3 is 1.80 bits per heavy atom. The van der Waals surface area contributed by atoms with E-state index in [1.807, 2.05) is 0 Å². The molecule has 4 heteroatoms. The fraction of sp³-hybridized carbons (Fsp3) is 0.351. The Hall–Kier alpha value is -3.92. The first kappa shape index (κ1) is 30.0. The third kappa shape index (κ3) is 9.04. The molecular formula is C37H48N4+2. The molecule has 2 aromatic heterocycles. The van der Waals surface area contributed by atoms with Gasteiger partial charge >= 0.3 is 0 Å². The number of nitrogens with zero attached hydrogens (tertiary/aromatic N) is 4. The number of benzene rings is 2. The summed E-state index contributed by atoms with van der Waals surface area (Å²) in [5, 5.41) is 0. The van der Waals surface area contributed by atoms with Crippen LogP contribution < -0.4 is 18.9 Å². The molecule has 0 aliphatic rings. The van der Waals surface area contributed by atoms with Gasteiger partial charge in [-0.1, -0.05) is 30.3 Å². The van der Waals surface area contributed by atoms with E-state index in [1.165, 1.54) is 53.2 Å². The topological polar surface area (TPSA) is 14.2 Å². The second-order valence-electron chi connectivity index (χ2n) is 10.9. The highest BCUT2D eigenvalue weighted by molar-refractivity contribution is 5.68. The largest absolute Gasteiger partial charge is 0.375 e. The zero-order chi connectivity index (χ0) is 28.9. The minimum Gasteiger partial charge on any atom is -0.375 e. The van der Waals surface area contributed by atoms with Gasteiger partial charge in [-0.15, -0.1) is 0 Å². The van der Waals surface area contributed by atoms with Crippen LogP contribution in [0.15, 0.2) is 97.3 Å². The number of pyridine rings is 2. The second-order valence-corrected chi connectivity index (χ2v) is 10.9. The van der Waals surface area contributed by atoms with Gasteiger partial charge in [-0.3, -0.25) is 0 Å². The van der Waals surface area contributed by atoms with E-state index in [9.17, 15) is 0 Å². The highest BCUT2D eigenvalue weighted by Crippen LogP contribution is 2.18. The van der Waals surface area contributed by atoms with Crippen LogP contribution in [0.4, 0.5) is 11.4 Å². The van der Waals surface area contributed by atoms with Gasteiger partial charge in [0.05, 0.1) is 0 Å². The van der Waals surface area contributed by atoms with Crippen LogP contribution in [-0.2, 0) is 25.9 Å². The van der Waals surface area contributed by atoms with Crippen LogP contribution in [0, 0.1) is 0 Å². The van der Waals surface area contributed by atoms with Gasteiger partial charge in [-0.05, 0) is 87.1 Å². The van der Waals surface area contributed by atoms with Crippen LogP contribution in [0.5, 0.6) is 0 Å². The molecule has 2 heterocycles. The maximum absolute atomic E-state index is 2.38. The first-order valence-corrected chi connectivity index (χ1v) is 15.3. The van der Waals surface area contributed by atoms with Crippen molar-refractivity contribution >= 4 is 23.5 Å². The minimum atomic E-state index is 0.973. The molecule has 41 heavy (non-hydrogen) atoms. The highest BCUT2D eigenvalue weighted by Gasteiger charge is 2.08. The van der Waals surface area contributed by atoms with E-state index in [0.29, 0.717) is 0 Å². The summed E-state index contributed by atoms with van der Waals surface area (Å²) in [4.78, 5) is 4.75. The number of aryl methyl sites for hydroxylation is 4. The Morgan fingerprint density at radius 1 is 0.585 bits per heavy atom. The third-order valence-corrected chi connectivity index (χ3v) is 7.98. The number of unbranched alkanes of at least 4 members (excludes halogenated alkanes) is 1. The molecule has 0 radical (unpaired) electrons. The van der Waals surface area contributed by atoms with E-state index in [1.54, 1.807) is 0 Å². The van der Waals surface area contributed by atoms with Gasteiger partial charge in [0.15, 0.2) is 18.1 Å². The number of anilines is 2. The van der Waals surface area contributed by atoms with Gasteiger partial charge < -0.3 is 9.80 Å². The Kier molecular flexibility index (Phi) is 11.5. The molecule has 0 atom stereocenters. The Bertz CT molecular complexity index is 1360. The van der Waals surface area contributed by atoms with Crippen LogP contribution in [-0.4, -0.2) is 27.2 Å². The van der Waals surface area contributed by atoms with Crippen LogP contribution in [0.2, 0.25) is 0 Å². The molecule has 4 aromatic rings. The van der Waals surface area contributed by atoms with Gasteiger partial charge in [-0.25, -0.2) is 4.57 Å². The number of rotatable bonds is 15. The monoisotopic (exact) mass is 548 g/mol. The fourth-order valence-corrected chi connectivity index (χ4v) is 5.34. The third-order valence-electron chi connectivity index (χ3n) is 7.98. The van der Waals surface area contributed by atoms with Gasteiger partial charge in [0.1, 0.15) is 13.1 Å². The molecule has 4 nitrogen and oxygen atoms in total. The summed E-state index contributed by atoms with van der Waals surface area (Å²) in [5.74, 6) is 0. The average molecular weight is 549 g/mol. The van der Waals surface area contributed by atoms with Crippen LogP contribution in [0.1, 0.15) is 55.6 Å². The molecule has 0 fully saturated rings. The molecule has 214 valence electrons. The summed E-state index contributed by atoms with van der Waals surface area (Å²) < 4.78 is 4.60. The highest BCUT2D eigenvalue weighted by atomic mass is 15.1. The summed E-state index contributed by atoms with van der Waals surface area (Å²) in [7, 11) is 4.40. The van der Waals surface area contributed by atoms with Crippen LogP contribution in [0.3, 0.4) is 0 Å². The smallest absolute Gasteiger partial charge is 0.205 e.